The molecule has 0 saturated carbocycles. The molecule has 1 aromatic carbocycles. The second-order valence-corrected chi connectivity index (χ2v) is 5.81. The molecule has 3 aromatic rings. The highest BCUT2D eigenvalue weighted by Crippen LogP contribution is 2.21. The van der Waals surface area contributed by atoms with Crippen molar-refractivity contribution < 1.29 is 14.3 Å². The summed E-state index contributed by atoms with van der Waals surface area (Å²) >= 11 is 0. The molecule has 0 aliphatic carbocycles. The van der Waals surface area contributed by atoms with Crippen LogP contribution in [0.2, 0.25) is 0 Å². The molecule has 1 atom stereocenters. The number of hydrogen-bond acceptors (Lipinski definition) is 6. The Morgan fingerprint density at radius 1 is 1.27 bits per heavy atom. The van der Waals surface area contributed by atoms with Gasteiger partial charge in [0.1, 0.15) is 12.1 Å². The zero-order valence-electron chi connectivity index (χ0n) is 15.0. The Morgan fingerprint density at radius 3 is 2.73 bits per heavy atom. The summed E-state index contributed by atoms with van der Waals surface area (Å²) in [7, 11) is 3.19. The lowest BCUT2D eigenvalue weighted by Gasteiger charge is -2.09. The number of rotatable bonds is 7. The van der Waals surface area contributed by atoms with Crippen LogP contribution in [0.1, 0.15) is 25.2 Å². The van der Waals surface area contributed by atoms with Gasteiger partial charge in [0.05, 0.1) is 25.5 Å². The predicted octanol–water partition coefficient (Wildman–Crippen LogP) is 2.01. The smallest absolute Gasteiger partial charge is 0.222 e. The topological polar surface area (TPSA) is 90.6 Å². The van der Waals surface area contributed by atoms with Crippen LogP contribution in [0.15, 0.2) is 36.7 Å². The predicted molar refractivity (Wildman–Crippen MR) is 95.8 cm³/mol. The molecule has 1 N–H and O–H groups in total. The lowest BCUT2D eigenvalue weighted by atomic mass is 10.1. The molecule has 26 heavy (non-hydrogen) atoms. The van der Waals surface area contributed by atoms with E-state index in [4.69, 9.17) is 9.47 Å². The zero-order chi connectivity index (χ0) is 18.5. The molecule has 0 saturated heterocycles. The van der Waals surface area contributed by atoms with Gasteiger partial charge in [-0.2, -0.15) is 0 Å². The van der Waals surface area contributed by atoms with Crippen molar-refractivity contribution in [3.05, 3.63) is 42.5 Å². The van der Waals surface area contributed by atoms with E-state index in [0.717, 1.165) is 17.0 Å². The SMILES string of the molecule is COCCC(=O)N[C@H](C)c1nc2cc(-c3ccc(OC)cc3)ncn2n1. The van der Waals surface area contributed by atoms with Crippen LogP contribution < -0.4 is 10.1 Å². The first-order valence-corrected chi connectivity index (χ1v) is 8.25. The highest BCUT2D eigenvalue weighted by atomic mass is 16.5. The molecule has 1 amide bonds. The Labute approximate surface area is 151 Å². The quantitative estimate of drug-likeness (QED) is 0.697. The molecule has 0 fully saturated rings. The number of ether oxygens (including phenoxy) is 2. The van der Waals surface area contributed by atoms with Crippen LogP contribution in [-0.4, -0.2) is 46.3 Å². The third kappa shape index (κ3) is 3.97. The van der Waals surface area contributed by atoms with E-state index in [2.05, 4.69) is 20.4 Å². The number of fused-ring (bicyclic) bond motifs is 1. The third-order valence-electron chi connectivity index (χ3n) is 3.93. The van der Waals surface area contributed by atoms with Crippen molar-refractivity contribution in [1.29, 1.82) is 0 Å². The molecule has 0 radical (unpaired) electrons. The van der Waals surface area contributed by atoms with Crippen molar-refractivity contribution >= 4 is 11.6 Å². The summed E-state index contributed by atoms with van der Waals surface area (Å²) in [5, 5.41) is 7.24. The van der Waals surface area contributed by atoms with Gasteiger partial charge < -0.3 is 14.8 Å². The van der Waals surface area contributed by atoms with Crippen molar-refractivity contribution in [2.24, 2.45) is 0 Å². The van der Waals surface area contributed by atoms with Gasteiger partial charge in [0.25, 0.3) is 0 Å². The Morgan fingerprint density at radius 2 is 2.04 bits per heavy atom. The van der Waals surface area contributed by atoms with E-state index in [1.54, 1.807) is 25.1 Å². The molecule has 136 valence electrons. The molecule has 3 rings (SSSR count). The molecular formula is C18H21N5O3. The third-order valence-corrected chi connectivity index (χ3v) is 3.93. The summed E-state index contributed by atoms with van der Waals surface area (Å²) in [4.78, 5) is 20.7. The van der Waals surface area contributed by atoms with E-state index in [9.17, 15) is 4.79 Å². The van der Waals surface area contributed by atoms with Gasteiger partial charge in [0.15, 0.2) is 11.5 Å². The van der Waals surface area contributed by atoms with Gasteiger partial charge in [-0.1, -0.05) is 0 Å². The van der Waals surface area contributed by atoms with Crippen LogP contribution in [0.5, 0.6) is 5.75 Å². The van der Waals surface area contributed by atoms with Gasteiger partial charge in [-0.25, -0.2) is 14.5 Å². The fourth-order valence-electron chi connectivity index (χ4n) is 2.49. The molecule has 2 aromatic heterocycles. The molecule has 8 nitrogen and oxygen atoms in total. The molecule has 0 aliphatic rings. The van der Waals surface area contributed by atoms with Crippen LogP contribution in [-0.2, 0) is 9.53 Å². The first-order valence-electron chi connectivity index (χ1n) is 8.25. The molecule has 0 aliphatic heterocycles. The van der Waals surface area contributed by atoms with Gasteiger partial charge in [0.2, 0.25) is 5.91 Å². The van der Waals surface area contributed by atoms with Gasteiger partial charge in [0, 0.05) is 25.2 Å². The maximum atomic E-state index is 11.8. The minimum Gasteiger partial charge on any atom is -0.497 e. The van der Waals surface area contributed by atoms with Crippen LogP contribution in [0.25, 0.3) is 16.9 Å². The fourth-order valence-corrected chi connectivity index (χ4v) is 2.49. The summed E-state index contributed by atoms with van der Waals surface area (Å²) in [6.07, 6.45) is 1.92. The lowest BCUT2D eigenvalue weighted by molar-refractivity contribution is -0.122. The van der Waals surface area contributed by atoms with E-state index >= 15 is 0 Å². The van der Waals surface area contributed by atoms with Crippen LogP contribution in [0.4, 0.5) is 0 Å². The van der Waals surface area contributed by atoms with E-state index < -0.39 is 0 Å². The minimum absolute atomic E-state index is 0.102. The summed E-state index contributed by atoms with van der Waals surface area (Å²) in [5.41, 5.74) is 2.41. The average Bonchev–Trinajstić information content (AvgIpc) is 3.10. The number of amides is 1. The summed E-state index contributed by atoms with van der Waals surface area (Å²) in [6.45, 7) is 2.23. The van der Waals surface area contributed by atoms with Crippen LogP contribution in [0, 0.1) is 0 Å². The first-order chi connectivity index (χ1) is 12.6. The van der Waals surface area contributed by atoms with Crippen molar-refractivity contribution in [1.82, 2.24) is 24.9 Å². The van der Waals surface area contributed by atoms with Crippen molar-refractivity contribution in [3.63, 3.8) is 0 Å². The summed E-state index contributed by atoms with van der Waals surface area (Å²) in [6, 6.07) is 9.20. The van der Waals surface area contributed by atoms with Crippen LogP contribution >= 0.6 is 0 Å². The number of aromatic nitrogens is 4. The Balaban J connectivity index is 1.79. The second kappa shape index (κ2) is 7.92. The molecule has 8 heteroatoms. The van der Waals surface area contributed by atoms with E-state index in [0.29, 0.717) is 24.5 Å². The first kappa shape index (κ1) is 17.8. The number of methoxy groups -OCH3 is 2. The molecule has 0 bridgehead atoms. The van der Waals surface area contributed by atoms with E-state index in [1.165, 1.54) is 0 Å². The Bertz CT molecular complexity index is 891. The number of nitrogens with one attached hydrogen (secondary N) is 1. The molecule has 0 unspecified atom stereocenters. The number of nitrogens with zero attached hydrogens (tertiary/aromatic N) is 4. The summed E-state index contributed by atoms with van der Waals surface area (Å²) in [5.74, 6) is 1.22. The zero-order valence-corrected chi connectivity index (χ0v) is 15.0. The highest BCUT2D eigenvalue weighted by molar-refractivity contribution is 5.76. The fraction of sp³-hybridized carbons (Fsp3) is 0.333. The number of carbonyl (C=O) groups excluding carboxylic acids is 1. The van der Waals surface area contributed by atoms with E-state index in [-0.39, 0.29) is 11.9 Å². The Kier molecular flexibility index (Phi) is 5.43. The average molecular weight is 355 g/mol. The minimum atomic E-state index is -0.302. The van der Waals surface area contributed by atoms with Gasteiger partial charge in [-0.15, -0.1) is 5.10 Å². The number of hydrogen-bond donors (Lipinski definition) is 1. The van der Waals surface area contributed by atoms with Gasteiger partial charge in [-0.3, -0.25) is 4.79 Å². The monoisotopic (exact) mass is 355 g/mol. The second-order valence-electron chi connectivity index (χ2n) is 5.81. The maximum absolute atomic E-state index is 11.8. The van der Waals surface area contributed by atoms with E-state index in [1.807, 2.05) is 37.3 Å². The summed E-state index contributed by atoms with van der Waals surface area (Å²) < 4.78 is 11.7. The number of benzene rings is 1. The Hall–Kier alpha value is -3.00. The normalized spacial score (nSPS) is 12.1. The molecular weight excluding hydrogens is 334 g/mol. The lowest BCUT2D eigenvalue weighted by Crippen LogP contribution is -2.28. The van der Waals surface area contributed by atoms with Crippen LogP contribution in [0.3, 0.4) is 0 Å². The van der Waals surface area contributed by atoms with Gasteiger partial charge >= 0.3 is 0 Å². The van der Waals surface area contributed by atoms with Crippen molar-refractivity contribution in [3.8, 4) is 17.0 Å². The maximum Gasteiger partial charge on any atom is 0.222 e. The van der Waals surface area contributed by atoms with Crippen molar-refractivity contribution in [2.45, 2.75) is 19.4 Å². The molecule has 0 spiro atoms. The number of carbonyl (C=O) groups is 1. The van der Waals surface area contributed by atoms with Gasteiger partial charge in [-0.05, 0) is 31.2 Å². The van der Waals surface area contributed by atoms with Crippen molar-refractivity contribution in [2.75, 3.05) is 20.8 Å². The largest absolute Gasteiger partial charge is 0.497 e. The highest BCUT2D eigenvalue weighted by Gasteiger charge is 2.15. The standard InChI is InChI=1S/C18H21N5O3/c1-12(20-17(24)8-9-25-2)18-21-16-10-15(19-11-23(16)22-18)13-4-6-14(26-3)7-5-13/h4-7,10-12H,8-9H2,1-3H3,(H,20,24)/t12-/m1/s1. The molecule has 2 heterocycles.